The molecule has 2 nitrogen and oxygen atoms in total. The van der Waals surface area contributed by atoms with Gasteiger partial charge in [-0.1, -0.05) is 46.4 Å². The highest BCUT2D eigenvalue weighted by Gasteiger charge is 2.17. The van der Waals surface area contributed by atoms with Gasteiger partial charge in [-0.2, -0.15) is 5.26 Å². The van der Waals surface area contributed by atoms with E-state index in [4.69, 9.17) is 46.4 Å². The first kappa shape index (κ1) is 18.0. The highest BCUT2D eigenvalue weighted by molar-refractivity contribution is 6.36. The van der Waals surface area contributed by atoms with Gasteiger partial charge in [-0.05, 0) is 42.0 Å². The maximum atomic E-state index is 9.32. The summed E-state index contributed by atoms with van der Waals surface area (Å²) in [6, 6.07) is 12.6. The molecule has 0 N–H and O–H groups in total. The Morgan fingerprint density at radius 2 is 1.24 bits per heavy atom. The second-order valence-corrected chi connectivity index (χ2v) is 6.98. The molecule has 2 aromatic carbocycles. The van der Waals surface area contributed by atoms with Crippen LogP contribution in [0.3, 0.4) is 0 Å². The summed E-state index contributed by atoms with van der Waals surface area (Å²) in [6.45, 7) is 0. The highest BCUT2D eigenvalue weighted by atomic mass is 35.5. The molecule has 0 radical (unpaired) electrons. The fourth-order valence-electron chi connectivity index (χ4n) is 2.63. The zero-order chi connectivity index (χ0) is 18.0. The number of benzene rings is 2. The number of nitrogens with zero attached hydrogens (tertiary/aromatic N) is 2. The number of aromatic nitrogens is 1. The molecular formula is C19H10Cl4N2. The molecule has 0 fully saturated rings. The van der Waals surface area contributed by atoms with Crippen LogP contribution in [-0.2, 0) is 6.42 Å². The molecular weight excluding hydrogens is 398 g/mol. The minimum Gasteiger partial charge on any atom is -0.263 e. The molecule has 3 rings (SSSR count). The second-order valence-electron chi connectivity index (χ2n) is 5.30. The van der Waals surface area contributed by atoms with Gasteiger partial charge in [0.05, 0.1) is 12.5 Å². The second kappa shape index (κ2) is 7.64. The molecule has 0 aliphatic rings. The van der Waals surface area contributed by atoms with E-state index in [1.807, 2.05) is 0 Å². The average molecular weight is 408 g/mol. The number of rotatable bonds is 3. The highest BCUT2D eigenvalue weighted by Crippen LogP contribution is 2.39. The van der Waals surface area contributed by atoms with Gasteiger partial charge in [0.15, 0.2) is 0 Å². The molecule has 6 heteroatoms. The van der Waals surface area contributed by atoms with Crippen molar-refractivity contribution in [1.82, 2.24) is 4.98 Å². The monoisotopic (exact) mass is 406 g/mol. The van der Waals surface area contributed by atoms with Gasteiger partial charge >= 0.3 is 0 Å². The van der Waals surface area contributed by atoms with Crippen LogP contribution in [0.15, 0.2) is 48.8 Å². The first-order chi connectivity index (χ1) is 12.0. The van der Waals surface area contributed by atoms with Crippen molar-refractivity contribution in [2.45, 2.75) is 6.42 Å². The molecule has 3 aromatic rings. The van der Waals surface area contributed by atoms with Crippen molar-refractivity contribution >= 4 is 46.4 Å². The smallest absolute Gasteiger partial charge is 0.0670 e. The summed E-state index contributed by atoms with van der Waals surface area (Å²) >= 11 is 24.9. The van der Waals surface area contributed by atoms with E-state index in [9.17, 15) is 5.26 Å². The van der Waals surface area contributed by atoms with E-state index in [1.165, 1.54) is 0 Å². The molecule has 0 saturated heterocycles. The SMILES string of the molecule is N#CCc1c(-c2cc(Cl)ccc2Cl)cncc1-c1cc(Cl)ccc1Cl. The van der Waals surface area contributed by atoms with Crippen molar-refractivity contribution in [3.8, 4) is 28.3 Å². The van der Waals surface area contributed by atoms with E-state index >= 15 is 0 Å². The lowest BCUT2D eigenvalue weighted by Gasteiger charge is -2.15. The van der Waals surface area contributed by atoms with Crippen molar-refractivity contribution < 1.29 is 0 Å². The molecule has 0 aliphatic carbocycles. The standard InChI is InChI=1S/C19H10Cl4N2/c20-11-1-3-18(22)14(7-11)16-9-25-10-17(13(16)5-6-24)15-8-12(21)2-4-19(15)23/h1-4,7-10H,5H2. The first-order valence-electron chi connectivity index (χ1n) is 7.26. The van der Waals surface area contributed by atoms with Crippen LogP contribution in [0.5, 0.6) is 0 Å². The van der Waals surface area contributed by atoms with Gasteiger partial charge < -0.3 is 0 Å². The van der Waals surface area contributed by atoms with Crippen LogP contribution < -0.4 is 0 Å². The molecule has 0 amide bonds. The number of pyridine rings is 1. The quantitative estimate of drug-likeness (QED) is 0.464. The van der Waals surface area contributed by atoms with Crippen LogP contribution >= 0.6 is 46.4 Å². The van der Waals surface area contributed by atoms with Gasteiger partial charge in [0, 0.05) is 54.7 Å². The number of hydrogen-bond donors (Lipinski definition) is 0. The van der Waals surface area contributed by atoms with E-state index in [0.29, 0.717) is 31.2 Å². The van der Waals surface area contributed by atoms with Gasteiger partial charge in [-0.15, -0.1) is 0 Å². The fourth-order valence-corrected chi connectivity index (χ4v) is 3.41. The molecule has 0 saturated carbocycles. The van der Waals surface area contributed by atoms with E-state index in [0.717, 1.165) is 16.7 Å². The summed E-state index contributed by atoms with van der Waals surface area (Å²) in [5.41, 5.74) is 3.68. The van der Waals surface area contributed by atoms with Gasteiger partial charge in [-0.25, -0.2) is 0 Å². The summed E-state index contributed by atoms with van der Waals surface area (Å²) in [5, 5.41) is 11.5. The number of hydrogen-bond acceptors (Lipinski definition) is 2. The van der Waals surface area contributed by atoms with Crippen LogP contribution in [0.2, 0.25) is 20.1 Å². The van der Waals surface area contributed by atoms with E-state index in [-0.39, 0.29) is 6.42 Å². The van der Waals surface area contributed by atoms with Crippen LogP contribution in [0.1, 0.15) is 5.56 Å². The summed E-state index contributed by atoms with van der Waals surface area (Å²) in [4.78, 5) is 4.31. The van der Waals surface area contributed by atoms with Crippen molar-refractivity contribution in [3.05, 3.63) is 74.4 Å². The van der Waals surface area contributed by atoms with Crippen LogP contribution in [0.4, 0.5) is 0 Å². The summed E-state index contributed by atoms with van der Waals surface area (Å²) in [5.74, 6) is 0. The van der Waals surface area contributed by atoms with E-state index < -0.39 is 0 Å². The van der Waals surface area contributed by atoms with Crippen LogP contribution in [0, 0.1) is 11.3 Å². The zero-order valence-corrected chi connectivity index (χ0v) is 15.8. The molecule has 1 heterocycles. The molecule has 124 valence electrons. The van der Waals surface area contributed by atoms with Crippen LogP contribution in [-0.4, -0.2) is 4.98 Å². The lowest BCUT2D eigenvalue weighted by Crippen LogP contribution is -1.96. The van der Waals surface area contributed by atoms with Crippen molar-refractivity contribution in [3.63, 3.8) is 0 Å². The van der Waals surface area contributed by atoms with Gasteiger partial charge in [0.2, 0.25) is 0 Å². The molecule has 1 aromatic heterocycles. The largest absolute Gasteiger partial charge is 0.263 e. The molecule has 0 spiro atoms. The van der Waals surface area contributed by atoms with Crippen molar-refractivity contribution in [2.24, 2.45) is 0 Å². The van der Waals surface area contributed by atoms with Gasteiger partial charge in [0.25, 0.3) is 0 Å². The summed E-state index contributed by atoms with van der Waals surface area (Å²) in [6.07, 6.45) is 3.51. The van der Waals surface area contributed by atoms with Crippen molar-refractivity contribution in [2.75, 3.05) is 0 Å². The molecule has 0 bridgehead atoms. The molecule has 0 aliphatic heterocycles. The van der Waals surface area contributed by atoms with Gasteiger partial charge in [-0.3, -0.25) is 4.98 Å². The van der Waals surface area contributed by atoms with Gasteiger partial charge in [0.1, 0.15) is 0 Å². The normalized spacial score (nSPS) is 10.5. The molecule has 0 atom stereocenters. The third-order valence-corrected chi connectivity index (χ3v) is 4.88. The Morgan fingerprint density at radius 1 is 0.760 bits per heavy atom. The Labute approximate surface area is 165 Å². The number of nitriles is 1. The first-order valence-corrected chi connectivity index (χ1v) is 8.77. The maximum Gasteiger partial charge on any atom is 0.0670 e. The Morgan fingerprint density at radius 3 is 1.68 bits per heavy atom. The predicted octanol–water partition coefficient (Wildman–Crippen LogP) is 7.10. The Hall–Kier alpha value is -1.76. The maximum absolute atomic E-state index is 9.32. The topological polar surface area (TPSA) is 36.7 Å². The molecule has 0 unspecified atom stereocenters. The zero-order valence-electron chi connectivity index (χ0n) is 12.7. The third kappa shape index (κ3) is 3.76. The van der Waals surface area contributed by atoms with E-state index in [1.54, 1.807) is 48.8 Å². The van der Waals surface area contributed by atoms with E-state index in [2.05, 4.69) is 11.1 Å². The minimum absolute atomic E-state index is 0.166. The average Bonchev–Trinajstić information content (AvgIpc) is 2.60. The third-order valence-electron chi connectivity index (χ3n) is 3.75. The predicted molar refractivity (Wildman–Crippen MR) is 104 cm³/mol. The fraction of sp³-hybridized carbons (Fsp3) is 0.0526. The number of halogens is 4. The lowest BCUT2D eigenvalue weighted by molar-refractivity contribution is 1.22. The minimum atomic E-state index is 0.166. The Kier molecular flexibility index (Phi) is 5.51. The van der Waals surface area contributed by atoms with Crippen LogP contribution in [0.25, 0.3) is 22.3 Å². The summed E-state index contributed by atoms with van der Waals surface area (Å²) in [7, 11) is 0. The Balaban J connectivity index is 2.31. The van der Waals surface area contributed by atoms with Crippen molar-refractivity contribution in [1.29, 1.82) is 5.26 Å². The molecule has 25 heavy (non-hydrogen) atoms. The lowest BCUT2D eigenvalue weighted by atomic mass is 9.92. The summed E-state index contributed by atoms with van der Waals surface area (Å²) < 4.78 is 0. The Bertz CT molecular complexity index is 923.